The number of nitrogens with one attached hydrogen (secondary N) is 2. The van der Waals surface area contributed by atoms with Gasteiger partial charge >= 0.3 is 0 Å². The molecule has 2 N–H and O–H groups in total. The number of benzene rings is 2. The Morgan fingerprint density at radius 2 is 1.88 bits per heavy atom. The van der Waals surface area contributed by atoms with Crippen LogP contribution in [0.4, 0.5) is 5.69 Å². The summed E-state index contributed by atoms with van der Waals surface area (Å²) in [5.74, 6) is -0.203. The third-order valence-corrected chi connectivity index (χ3v) is 3.92. The highest BCUT2D eigenvalue weighted by atomic mass is 35.5. The monoisotopic (exact) mass is 372 g/mol. The second kappa shape index (κ2) is 9.63. The molecule has 0 radical (unpaired) electrons. The highest BCUT2D eigenvalue weighted by molar-refractivity contribution is 6.32. The summed E-state index contributed by atoms with van der Waals surface area (Å²) in [6, 6.07) is 13.8. The van der Waals surface area contributed by atoms with Gasteiger partial charge in [-0.15, -0.1) is 6.58 Å². The smallest absolute Gasteiger partial charge is 0.265 e. The maximum Gasteiger partial charge on any atom is 0.265 e. The van der Waals surface area contributed by atoms with E-state index in [1.807, 2.05) is 6.92 Å². The first-order valence-electron chi connectivity index (χ1n) is 8.27. The van der Waals surface area contributed by atoms with Crippen molar-refractivity contribution in [3.05, 3.63) is 71.8 Å². The molecule has 1 atom stereocenters. The van der Waals surface area contributed by atoms with E-state index in [1.54, 1.807) is 54.6 Å². The number of rotatable bonds is 8. The molecule has 1 unspecified atom stereocenters. The van der Waals surface area contributed by atoms with E-state index >= 15 is 0 Å². The first kappa shape index (κ1) is 19.5. The molecule has 0 fully saturated rings. The van der Waals surface area contributed by atoms with Crippen LogP contribution in [-0.2, 0) is 4.79 Å². The SMILES string of the molecule is C=CCNC(=O)c1ccccc1NC(=O)C(CC)Oc1ccccc1Cl. The Morgan fingerprint density at radius 1 is 1.19 bits per heavy atom. The van der Waals surface area contributed by atoms with Crippen molar-refractivity contribution in [3.8, 4) is 5.75 Å². The molecule has 2 aromatic carbocycles. The summed E-state index contributed by atoms with van der Waals surface area (Å²) >= 11 is 6.09. The van der Waals surface area contributed by atoms with E-state index in [4.69, 9.17) is 16.3 Å². The molecule has 6 heteroatoms. The Morgan fingerprint density at radius 3 is 2.58 bits per heavy atom. The summed E-state index contributed by atoms with van der Waals surface area (Å²) in [7, 11) is 0. The summed E-state index contributed by atoms with van der Waals surface area (Å²) < 4.78 is 5.74. The number of amides is 2. The fraction of sp³-hybridized carbons (Fsp3) is 0.200. The predicted octanol–water partition coefficient (Wildman–Crippen LogP) is 4.05. The lowest BCUT2D eigenvalue weighted by Crippen LogP contribution is -2.33. The Bertz CT molecular complexity index is 792. The van der Waals surface area contributed by atoms with Gasteiger partial charge in [0.1, 0.15) is 5.75 Å². The third kappa shape index (κ3) is 5.10. The topological polar surface area (TPSA) is 67.4 Å². The molecule has 0 heterocycles. The van der Waals surface area contributed by atoms with Gasteiger partial charge in [0, 0.05) is 6.54 Å². The maximum absolute atomic E-state index is 12.6. The lowest BCUT2D eigenvalue weighted by atomic mass is 10.1. The Balaban J connectivity index is 2.14. The van der Waals surface area contributed by atoms with E-state index in [-0.39, 0.29) is 11.8 Å². The van der Waals surface area contributed by atoms with Crippen LogP contribution in [0.1, 0.15) is 23.7 Å². The number of halogens is 1. The molecule has 0 bridgehead atoms. The molecule has 0 saturated carbocycles. The zero-order chi connectivity index (χ0) is 18.9. The fourth-order valence-corrected chi connectivity index (χ4v) is 2.46. The second-order valence-corrected chi connectivity index (χ2v) is 5.89. The summed E-state index contributed by atoms with van der Waals surface area (Å²) in [6.07, 6.45) is 1.30. The number of para-hydroxylation sites is 2. The van der Waals surface area contributed by atoms with Crippen LogP contribution in [0.3, 0.4) is 0 Å². The fourth-order valence-electron chi connectivity index (χ4n) is 2.28. The van der Waals surface area contributed by atoms with Gasteiger partial charge in [-0.1, -0.05) is 48.9 Å². The van der Waals surface area contributed by atoms with Crippen LogP contribution in [0.25, 0.3) is 0 Å². The van der Waals surface area contributed by atoms with Crippen molar-refractivity contribution in [2.24, 2.45) is 0 Å². The van der Waals surface area contributed by atoms with E-state index in [0.29, 0.717) is 35.0 Å². The van der Waals surface area contributed by atoms with Crippen molar-refractivity contribution in [1.82, 2.24) is 5.32 Å². The van der Waals surface area contributed by atoms with Gasteiger partial charge in [0.2, 0.25) is 0 Å². The quantitative estimate of drug-likeness (QED) is 0.687. The summed E-state index contributed by atoms with van der Waals surface area (Å²) in [5, 5.41) is 5.89. The second-order valence-electron chi connectivity index (χ2n) is 5.48. The van der Waals surface area contributed by atoms with Gasteiger partial charge in [0.15, 0.2) is 6.10 Å². The first-order chi connectivity index (χ1) is 12.6. The minimum Gasteiger partial charge on any atom is -0.479 e. The van der Waals surface area contributed by atoms with Gasteiger partial charge in [-0.25, -0.2) is 0 Å². The van der Waals surface area contributed by atoms with Gasteiger partial charge in [0.25, 0.3) is 11.8 Å². The predicted molar refractivity (Wildman–Crippen MR) is 104 cm³/mol. The minimum absolute atomic E-state index is 0.291. The molecular weight excluding hydrogens is 352 g/mol. The lowest BCUT2D eigenvalue weighted by Gasteiger charge is -2.19. The number of hydrogen-bond donors (Lipinski definition) is 2. The molecule has 2 amide bonds. The van der Waals surface area contributed by atoms with Crippen molar-refractivity contribution in [1.29, 1.82) is 0 Å². The molecule has 136 valence electrons. The summed E-state index contributed by atoms with van der Waals surface area (Å²) in [6.45, 7) is 5.75. The van der Waals surface area contributed by atoms with Gasteiger partial charge in [-0.2, -0.15) is 0 Å². The molecule has 5 nitrogen and oxygen atoms in total. The van der Waals surface area contributed by atoms with Gasteiger partial charge in [-0.3, -0.25) is 9.59 Å². The van der Waals surface area contributed by atoms with Crippen LogP contribution < -0.4 is 15.4 Å². The number of ether oxygens (including phenoxy) is 1. The third-order valence-electron chi connectivity index (χ3n) is 3.61. The van der Waals surface area contributed by atoms with Crippen LogP contribution >= 0.6 is 11.6 Å². The van der Waals surface area contributed by atoms with Crippen LogP contribution in [0.15, 0.2) is 61.2 Å². The van der Waals surface area contributed by atoms with Crippen LogP contribution in [0.2, 0.25) is 5.02 Å². The Kier molecular flexibility index (Phi) is 7.24. The Labute approximate surface area is 158 Å². The van der Waals surface area contributed by atoms with E-state index in [1.165, 1.54) is 0 Å². The molecule has 2 rings (SSSR count). The maximum atomic E-state index is 12.6. The van der Waals surface area contributed by atoms with Gasteiger partial charge < -0.3 is 15.4 Å². The molecule has 26 heavy (non-hydrogen) atoms. The van der Waals surface area contributed by atoms with E-state index in [9.17, 15) is 9.59 Å². The summed E-state index contributed by atoms with van der Waals surface area (Å²) in [5.41, 5.74) is 0.788. The van der Waals surface area contributed by atoms with Crippen LogP contribution in [0, 0.1) is 0 Å². The van der Waals surface area contributed by atoms with E-state index in [2.05, 4.69) is 17.2 Å². The zero-order valence-electron chi connectivity index (χ0n) is 14.5. The molecule has 0 aliphatic carbocycles. The molecule has 0 aromatic heterocycles. The van der Waals surface area contributed by atoms with Gasteiger partial charge in [0.05, 0.1) is 16.3 Å². The van der Waals surface area contributed by atoms with Crippen LogP contribution in [-0.4, -0.2) is 24.5 Å². The zero-order valence-corrected chi connectivity index (χ0v) is 15.3. The van der Waals surface area contributed by atoms with E-state index in [0.717, 1.165) is 0 Å². The lowest BCUT2D eigenvalue weighted by molar-refractivity contribution is -0.122. The first-order valence-corrected chi connectivity index (χ1v) is 8.64. The van der Waals surface area contributed by atoms with Crippen molar-refractivity contribution >= 4 is 29.1 Å². The van der Waals surface area contributed by atoms with Crippen molar-refractivity contribution in [3.63, 3.8) is 0 Å². The summed E-state index contributed by atoms with van der Waals surface area (Å²) in [4.78, 5) is 24.8. The molecule has 0 saturated heterocycles. The van der Waals surface area contributed by atoms with Crippen molar-refractivity contribution < 1.29 is 14.3 Å². The molecule has 0 aliphatic rings. The van der Waals surface area contributed by atoms with Crippen LogP contribution in [0.5, 0.6) is 5.75 Å². The largest absolute Gasteiger partial charge is 0.479 e. The average Bonchev–Trinajstić information content (AvgIpc) is 2.65. The normalized spacial score (nSPS) is 11.3. The highest BCUT2D eigenvalue weighted by Crippen LogP contribution is 2.25. The Hall–Kier alpha value is -2.79. The molecule has 0 spiro atoms. The van der Waals surface area contributed by atoms with Crippen molar-refractivity contribution in [2.45, 2.75) is 19.4 Å². The van der Waals surface area contributed by atoms with E-state index < -0.39 is 6.10 Å². The number of anilines is 1. The minimum atomic E-state index is -0.737. The number of hydrogen-bond acceptors (Lipinski definition) is 3. The number of carbonyl (C=O) groups is 2. The molecule has 0 aliphatic heterocycles. The van der Waals surface area contributed by atoms with Crippen molar-refractivity contribution in [2.75, 3.05) is 11.9 Å². The van der Waals surface area contributed by atoms with Gasteiger partial charge in [-0.05, 0) is 30.7 Å². The number of carbonyl (C=O) groups excluding carboxylic acids is 2. The molecule has 2 aromatic rings. The molecular formula is C20H21ClN2O3. The highest BCUT2D eigenvalue weighted by Gasteiger charge is 2.21. The average molecular weight is 373 g/mol. The standard InChI is InChI=1S/C20H21ClN2O3/c1-3-13-22-19(24)14-9-5-7-11-16(14)23-20(25)17(4-2)26-18-12-8-6-10-15(18)21/h3,5-12,17H,1,4,13H2,2H3,(H,22,24)(H,23,25).